The van der Waals surface area contributed by atoms with Gasteiger partial charge in [-0.2, -0.15) is 0 Å². The highest BCUT2D eigenvalue weighted by molar-refractivity contribution is 6.78. The van der Waals surface area contributed by atoms with Gasteiger partial charge in [-0.15, -0.1) is 0 Å². The fraction of sp³-hybridized carbons (Fsp3) is 0. The van der Waals surface area contributed by atoms with Crippen molar-refractivity contribution in [3.63, 3.8) is 0 Å². The molecule has 0 saturated heterocycles. The number of allylic oxidation sites excluding steroid dienone is 1. The lowest BCUT2D eigenvalue weighted by Crippen LogP contribution is -1.95. The zero-order valence-electron chi connectivity index (χ0n) is 7.03. The predicted octanol–water partition coefficient (Wildman–Crippen LogP) is 4.91. The fourth-order valence-corrected chi connectivity index (χ4v) is 2.15. The Bertz CT molecular complexity index is 434. The third kappa shape index (κ3) is 3.27. The number of hydrogen-bond donors (Lipinski definition) is 0. The van der Waals surface area contributed by atoms with Crippen molar-refractivity contribution >= 4 is 68.8 Å². The highest BCUT2D eigenvalue weighted by atomic mass is 35.5. The lowest BCUT2D eigenvalue weighted by molar-refractivity contribution is -0.106. The second kappa shape index (κ2) is 5.42. The van der Waals surface area contributed by atoms with Crippen LogP contribution >= 0.6 is 58.0 Å². The summed E-state index contributed by atoms with van der Waals surface area (Å²) in [6.45, 7) is 0. The van der Waals surface area contributed by atoms with Gasteiger partial charge in [0.1, 0.15) is 4.49 Å². The number of rotatable bonds is 2. The Labute approximate surface area is 112 Å². The molecule has 1 rings (SSSR count). The van der Waals surface area contributed by atoms with Crippen LogP contribution in [0.3, 0.4) is 0 Å². The van der Waals surface area contributed by atoms with E-state index in [-0.39, 0.29) is 15.1 Å². The topological polar surface area (TPSA) is 17.1 Å². The van der Waals surface area contributed by atoms with E-state index in [1.54, 1.807) is 6.07 Å². The summed E-state index contributed by atoms with van der Waals surface area (Å²) in [5, 5.41) is -0.0830. The van der Waals surface area contributed by atoms with Crippen LogP contribution in [0.25, 0.3) is 5.57 Å². The molecule has 0 aromatic heterocycles. The molecule has 6 heteroatoms. The second-order valence-electron chi connectivity index (χ2n) is 2.53. The predicted molar refractivity (Wildman–Crippen MR) is 65.9 cm³/mol. The number of carbonyl (C=O) groups excluding carboxylic acids is 1. The zero-order valence-corrected chi connectivity index (χ0v) is 10.8. The van der Waals surface area contributed by atoms with Crippen LogP contribution in [0.5, 0.6) is 0 Å². The summed E-state index contributed by atoms with van der Waals surface area (Å²) < 4.78 is -0.237. The van der Waals surface area contributed by atoms with Crippen molar-refractivity contribution in [2.24, 2.45) is 0 Å². The minimum Gasteiger partial charge on any atom is -0.275 e. The molecule has 0 spiro atoms. The highest BCUT2D eigenvalue weighted by Gasteiger charge is 2.16. The molecule has 0 fully saturated rings. The van der Waals surface area contributed by atoms with Crippen molar-refractivity contribution in [1.29, 1.82) is 0 Å². The Hall–Kier alpha value is 0.0800. The maximum Gasteiger partial charge on any atom is 0.255 e. The van der Waals surface area contributed by atoms with E-state index in [0.29, 0.717) is 10.6 Å². The first-order chi connectivity index (χ1) is 6.93. The normalized spacial score (nSPS) is 9.93. The van der Waals surface area contributed by atoms with Gasteiger partial charge in [-0.3, -0.25) is 4.79 Å². The average Bonchev–Trinajstić information content (AvgIpc) is 2.08. The Morgan fingerprint density at radius 3 is 2.07 bits per heavy atom. The van der Waals surface area contributed by atoms with E-state index in [4.69, 9.17) is 58.0 Å². The Morgan fingerprint density at radius 2 is 1.67 bits per heavy atom. The Balaban J connectivity index is 3.38. The molecular formula is C9H3Cl5O. The van der Waals surface area contributed by atoms with E-state index >= 15 is 0 Å². The SMILES string of the molecule is O=C(Cl)C(=C(Cl)Cl)c1ccc(Cl)cc1Cl. The van der Waals surface area contributed by atoms with E-state index in [1.807, 2.05) is 0 Å². The van der Waals surface area contributed by atoms with Crippen LogP contribution in [0, 0.1) is 0 Å². The molecule has 0 heterocycles. The standard InChI is InChI=1S/C9H3Cl5O/c10-4-1-2-5(6(11)3-4)7(8(12)13)9(14)15/h1-3H. The van der Waals surface area contributed by atoms with Gasteiger partial charge in [-0.25, -0.2) is 0 Å². The quantitative estimate of drug-likeness (QED) is 0.561. The van der Waals surface area contributed by atoms with Gasteiger partial charge in [-0.1, -0.05) is 52.5 Å². The van der Waals surface area contributed by atoms with Gasteiger partial charge in [-0.05, 0) is 23.7 Å². The maximum atomic E-state index is 11.1. The molecule has 15 heavy (non-hydrogen) atoms. The van der Waals surface area contributed by atoms with Crippen LogP contribution in [0.1, 0.15) is 5.56 Å². The smallest absolute Gasteiger partial charge is 0.255 e. The molecule has 1 aromatic rings. The van der Waals surface area contributed by atoms with Crippen molar-refractivity contribution < 1.29 is 4.79 Å². The van der Waals surface area contributed by atoms with Crippen LogP contribution in [0.4, 0.5) is 0 Å². The van der Waals surface area contributed by atoms with E-state index in [0.717, 1.165) is 0 Å². The van der Waals surface area contributed by atoms with Crippen LogP contribution in [-0.4, -0.2) is 5.24 Å². The first kappa shape index (κ1) is 13.1. The summed E-state index contributed by atoms with van der Waals surface area (Å²) in [7, 11) is 0. The lowest BCUT2D eigenvalue weighted by Gasteiger charge is -2.05. The summed E-state index contributed by atoms with van der Waals surface area (Å²) in [5.74, 6) is 0. The van der Waals surface area contributed by atoms with E-state index in [1.165, 1.54) is 12.1 Å². The van der Waals surface area contributed by atoms with Crippen molar-refractivity contribution in [2.45, 2.75) is 0 Å². The number of halogens is 5. The van der Waals surface area contributed by atoms with Crippen molar-refractivity contribution in [1.82, 2.24) is 0 Å². The van der Waals surface area contributed by atoms with Gasteiger partial charge in [0.2, 0.25) is 0 Å². The van der Waals surface area contributed by atoms with Gasteiger partial charge < -0.3 is 0 Å². The van der Waals surface area contributed by atoms with E-state index in [9.17, 15) is 4.79 Å². The molecule has 0 saturated carbocycles. The van der Waals surface area contributed by atoms with Gasteiger partial charge in [0.05, 0.1) is 10.6 Å². The minimum absolute atomic E-state index is 0.0401. The molecule has 0 atom stereocenters. The summed E-state index contributed by atoms with van der Waals surface area (Å²) in [6, 6.07) is 4.54. The summed E-state index contributed by atoms with van der Waals surface area (Å²) in [5.41, 5.74) is 0.308. The minimum atomic E-state index is -0.778. The van der Waals surface area contributed by atoms with E-state index in [2.05, 4.69) is 0 Å². The third-order valence-corrected chi connectivity index (χ3v) is 2.70. The first-order valence-electron chi connectivity index (χ1n) is 3.64. The molecule has 0 amide bonds. The van der Waals surface area contributed by atoms with Gasteiger partial charge >= 0.3 is 0 Å². The van der Waals surface area contributed by atoms with Crippen LogP contribution < -0.4 is 0 Å². The Kier molecular flexibility index (Phi) is 4.75. The number of benzene rings is 1. The van der Waals surface area contributed by atoms with Crippen LogP contribution in [-0.2, 0) is 4.79 Å². The maximum absolute atomic E-state index is 11.1. The molecule has 0 N–H and O–H groups in total. The lowest BCUT2D eigenvalue weighted by atomic mass is 10.1. The molecule has 80 valence electrons. The molecule has 0 bridgehead atoms. The largest absolute Gasteiger partial charge is 0.275 e. The number of hydrogen-bond acceptors (Lipinski definition) is 1. The highest BCUT2D eigenvalue weighted by Crippen LogP contribution is 2.32. The van der Waals surface area contributed by atoms with Crippen molar-refractivity contribution in [3.05, 3.63) is 38.3 Å². The molecule has 1 aromatic carbocycles. The summed E-state index contributed by atoms with van der Waals surface area (Å²) in [6.07, 6.45) is 0. The van der Waals surface area contributed by atoms with Gasteiger partial charge in [0, 0.05) is 10.6 Å². The average molecular weight is 304 g/mol. The molecule has 0 unspecified atom stereocenters. The first-order valence-corrected chi connectivity index (χ1v) is 5.53. The molecule has 0 radical (unpaired) electrons. The zero-order chi connectivity index (χ0) is 11.6. The molecule has 1 nitrogen and oxygen atoms in total. The van der Waals surface area contributed by atoms with Crippen LogP contribution in [0.15, 0.2) is 22.7 Å². The second-order valence-corrected chi connectivity index (χ2v) is 4.67. The Morgan fingerprint density at radius 1 is 1.07 bits per heavy atom. The van der Waals surface area contributed by atoms with Gasteiger partial charge in [0.15, 0.2) is 0 Å². The van der Waals surface area contributed by atoms with Gasteiger partial charge in [0.25, 0.3) is 5.24 Å². The van der Waals surface area contributed by atoms with Crippen molar-refractivity contribution in [3.8, 4) is 0 Å². The fourth-order valence-electron chi connectivity index (χ4n) is 0.974. The molecule has 0 aliphatic heterocycles. The monoisotopic (exact) mass is 302 g/mol. The molecule has 0 aliphatic carbocycles. The third-order valence-electron chi connectivity index (χ3n) is 1.59. The van der Waals surface area contributed by atoms with Crippen LogP contribution in [0.2, 0.25) is 10.0 Å². The number of carbonyl (C=O) groups is 1. The van der Waals surface area contributed by atoms with Crippen molar-refractivity contribution in [2.75, 3.05) is 0 Å². The summed E-state index contributed by atoms with van der Waals surface area (Å²) in [4.78, 5) is 11.1. The van der Waals surface area contributed by atoms with E-state index < -0.39 is 5.24 Å². The molecular weight excluding hydrogens is 301 g/mol. The summed E-state index contributed by atoms with van der Waals surface area (Å²) >= 11 is 28.0. The molecule has 0 aliphatic rings.